The molecule has 40 heavy (non-hydrogen) atoms. The van der Waals surface area contributed by atoms with Crippen molar-refractivity contribution in [2.45, 2.75) is 50.6 Å². The van der Waals surface area contributed by atoms with Gasteiger partial charge >= 0.3 is 10.2 Å². The third-order valence-corrected chi connectivity index (χ3v) is 10.3. The molecular formula is C30H39N5O4S. The molecule has 1 atom stereocenters. The van der Waals surface area contributed by atoms with Crippen molar-refractivity contribution in [1.82, 2.24) is 23.8 Å². The minimum absolute atomic E-state index is 0.108. The Kier molecular flexibility index (Phi) is 7.60. The summed E-state index contributed by atoms with van der Waals surface area (Å²) in [5, 5.41) is 4.48. The Morgan fingerprint density at radius 3 is 2.58 bits per heavy atom. The summed E-state index contributed by atoms with van der Waals surface area (Å²) in [5.41, 5.74) is 4.87. The van der Waals surface area contributed by atoms with Crippen LogP contribution in [0.15, 0.2) is 42.5 Å². The van der Waals surface area contributed by atoms with Crippen LogP contribution in [0.5, 0.6) is 5.75 Å². The molecule has 0 saturated heterocycles. The first-order chi connectivity index (χ1) is 19.3. The second-order valence-electron chi connectivity index (χ2n) is 11.4. The number of hydrogen-bond acceptors (Lipinski definition) is 6. The van der Waals surface area contributed by atoms with Crippen LogP contribution in [-0.4, -0.2) is 81.0 Å². The second kappa shape index (κ2) is 11.2. The zero-order valence-electron chi connectivity index (χ0n) is 23.4. The smallest absolute Gasteiger partial charge is 0.303 e. The molecule has 3 aromatic rings. The molecule has 2 aliphatic heterocycles. The summed E-state index contributed by atoms with van der Waals surface area (Å²) in [6.07, 6.45) is 5.95. The van der Waals surface area contributed by atoms with E-state index in [9.17, 15) is 13.2 Å². The molecule has 1 saturated carbocycles. The van der Waals surface area contributed by atoms with E-state index in [0.29, 0.717) is 37.7 Å². The minimum atomic E-state index is -3.97. The van der Waals surface area contributed by atoms with Gasteiger partial charge in [-0.3, -0.25) is 9.69 Å². The number of nitrogens with one attached hydrogen (secondary N) is 2. The quantitative estimate of drug-likeness (QED) is 0.469. The lowest BCUT2D eigenvalue weighted by molar-refractivity contribution is 0.0979. The van der Waals surface area contributed by atoms with Crippen molar-refractivity contribution in [3.63, 3.8) is 0 Å². The maximum atomic E-state index is 13.3. The van der Waals surface area contributed by atoms with Gasteiger partial charge in [0.1, 0.15) is 12.4 Å². The average molecular weight is 566 g/mol. The van der Waals surface area contributed by atoms with Crippen LogP contribution in [0.3, 0.4) is 0 Å². The molecule has 1 fully saturated rings. The predicted octanol–water partition coefficient (Wildman–Crippen LogP) is 3.56. The summed E-state index contributed by atoms with van der Waals surface area (Å²) in [7, 11) is -0.362. The standard InChI is InChI=1S/C30H39N5O4S/c1-33-16-14-31-15-17-34(2)40(37,38)32-30(36)22-12-13-24-26(18-22)35-19-23(33)20-39-27-11-7-6-10-25(27)29(35)28(24)21-8-4-3-5-9-21/h6-7,10-13,18,21,23,31H,3-5,8-9,14-17,19-20H2,1-2H3,(H,32,36). The molecule has 1 unspecified atom stereocenters. The molecule has 2 N–H and O–H groups in total. The Bertz CT molecular complexity index is 1510. The SMILES string of the molecule is CN1CCNCCN(C)S(=O)(=O)NC(=O)c2ccc3c(C4CCCCC4)c4n(c3c2)CC1COc1ccccc1-4. The number of hydrogen-bond donors (Lipinski definition) is 2. The number of fused-ring (bicyclic) bond motifs is 4. The fraction of sp³-hybridized carbons (Fsp3) is 0.500. The zero-order valence-corrected chi connectivity index (χ0v) is 24.2. The highest BCUT2D eigenvalue weighted by Gasteiger charge is 2.32. The fourth-order valence-electron chi connectivity index (χ4n) is 6.48. The summed E-state index contributed by atoms with van der Waals surface area (Å²) in [6, 6.07) is 14.1. The van der Waals surface area contributed by atoms with Crippen LogP contribution in [0.4, 0.5) is 0 Å². The maximum Gasteiger partial charge on any atom is 0.303 e. The minimum Gasteiger partial charge on any atom is -0.491 e. The number of likely N-dealkylation sites (N-methyl/N-ethyl adjacent to an activating group) is 2. The molecule has 4 bridgehead atoms. The van der Waals surface area contributed by atoms with Gasteiger partial charge in [-0.2, -0.15) is 12.7 Å². The van der Waals surface area contributed by atoms with Gasteiger partial charge in [0, 0.05) is 61.8 Å². The summed E-state index contributed by atoms with van der Waals surface area (Å²) in [6.45, 7) is 3.49. The monoisotopic (exact) mass is 565 g/mol. The molecule has 0 radical (unpaired) electrons. The molecule has 6 rings (SSSR count). The van der Waals surface area contributed by atoms with Crippen molar-refractivity contribution in [3.05, 3.63) is 53.6 Å². The van der Waals surface area contributed by atoms with Crippen molar-refractivity contribution in [2.75, 3.05) is 46.9 Å². The molecular weight excluding hydrogens is 526 g/mol. The number of amides is 1. The van der Waals surface area contributed by atoms with Crippen LogP contribution in [0, 0.1) is 0 Å². The Morgan fingerprint density at radius 2 is 1.75 bits per heavy atom. The number of ether oxygens (including phenoxy) is 1. The number of carbonyl (C=O) groups is 1. The van der Waals surface area contributed by atoms with Crippen LogP contribution in [0.1, 0.15) is 53.9 Å². The van der Waals surface area contributed by atoms with E-state index in [2.05, 4.69) is 44.8 Å². The summed E-state index contributed by atoms with van der Waals surface area (Å²) in [5.74, 6) is 0.677. The van der Waals surface area contributed by atoms with Gasteiger partial charge in [0.25, 0.3) is 5.91 Å². The third-order valence-electron chi connectivity index (χ3n) is 8.85. The number of aromatic nitrogens is 1. The molecule has 3 aliphatic rings. The van der Waals surface area contributed by atoms with Crippen LogP contribution in [-0.2, 0) is 16.8 Å². The maximum absolute atomic E-state index is 13.3. The molecule has 1 aliphatic carbocycles. The van der Waals surface area contributed by atoms with Gasteiger partial charge in [0.05, 0.1) is 11.7 Å². The van der Waals surface area contributed by atoms with Gasteiger partial charge in [0.2, 0.25) is 0 Å². The van der Waals surface area contributed by atoms with Crippen molar-refractivity contribution in [1.29, 1.82) is 0 Å². The molecule has 3 heterocycles. The van der Waals surface area contributed by atoms with Gasteiger partial charge in [-0.1, -0.05) is 37.5 Å². The fourth-order valence-corrected chi connectivity index (χ4v) is 7.32. The number of benzene rings is 2. The van der Waals surface area contributed by atoms with E-state index in [1.165, 1.54) is 41.9 Å². The van der Waals surface area contributed by atoms with Crippen molar-refractivity contribution in [3.8, 4) is 17.0 Å². The van der Waals surface area contributed by atoms with Gasteiger partial charge in [-0.05, 0) is 55.6 Å². The van der Waals surface area contributed by atoms with E-state index in [4.69, 9.17) is 4.74 Å². The van der Waals surface area contributed by atoms with E-state index in [-0.39, 0.29) is 12.6 Å². The number of nitrogens with zero attached hydrogens (tertiary/aromatic N) is 3. The van der Waals surface area contributed by atoms with E-state index in [1.54, 1.807) is 6.07 Å². The highest BCUT2D eigenvalue weighted by atomic mass is 32.2. The topological polar surface area (TPSA) is 95.9 Å². The Hall–Kier alpha value is -2.92. The highest BCUT2D eigenvalue weighted by molar-refractivity contribution is 7.87. The summed E-state index contributed by atoms with van der Waals surface area (Å²) in [4.78, 5) is 15.6. The molecule has 0 spiro atoms. The van der Waals surface area contributed by atoms with Gasteiger partial charge in [0.15, 0.2) is 0 Å². The Balaban J connectivity index is 1.58. The van der Waals surface area contributed by atoms with Crippen molar-refractivity contribution >= 4 is 27.0 Å². The Morgan fingerprint density at radius 1 is 0.975 bits per heavy atom. The highest BCUT2D eigenvalue weighted by Crippen LogP contribution is 2.47. The van der Waals surface area contributed by atoms with Gasteiger partial charge in [-0.15, -0.1) is 0 Å². The first-order valence-electron chi connectivity index (χ1n) is 14.4. The molecule has 1 aromatic heterocycles. The molecule has 1 amide bonds. The number of rotatable bonds is 1. The summed E-state index contributed by atoms with van der Waals surface area (Å²) >= 11 is 0. The second-order valence-corrected chi connectivity index (χ2v) is 13.2. The number of carbonyl (C=O) groups excluding carboxylic acids is 1. The molecule has 9 nitrogen and oxygen atoms in total. The lowest BCUT2D eigenvalue weighted by Crippen LogP contribution is -2.46. The lowest BCUT2D eigenvalue weighted by atomic mass is 9.81. The van der Waals surface area contributed by atoms with Crippen molar-refractivity contribution < 1.29 is 17.9 Å². The van der Waals surface area contributed by atoms with E-state index >= 15 is 0 Å². The van der Waals surface area contributed by atoms with Crippen LogP contribution in [0.2, 0.25) is 0 Å². The third kappa shape index (κ3) is 5.13. The summed E-state index contributed by atoms with van der Waals surface area (Å²) < 4.78 is 38.1. The molecule has 2 aromatic carbocycles. The van der Waals surface area contributed by atoms with Crippen LogP contribution in [0.25, 0.3) is 22.2 Å². The first kappa shape index (κ1) is 27.3. The molecule has 214 valence electrons. The largest absolute Gasteiger partial charge is 0.491 e. The van der Waals surface area contributed by atoms with Crippen molar-refractivity contribution in [2.24, 2.45) is 0 Å². The van der Waals surface area contributed by atoms with Crippen LogP contribution >= 0.6 is 0 Å². The van der Waals surface area contributed by atoms with E-state index < -0.39 is 16.1 Å². The molecule has 10 heteroatoms. The number of para-hydroxylation sites is 1. The van der Waals surface area contributed by atoms with Crippen LogP contribution < -0.4 is 14.8 Å². The average Bonchev–Trinajstić information content (AvgIpc) is 3.25. The lowest BCUT2D eigenvalue weighted by Gasteiger charge is -2.32. The normalized spacial score (nSPS) is 23.4. The van der Waals surface area contributed by atoms with Gasteiger partial charge < -0.3 is 14.6 Å². The van der Waals surface area contributed by atoms with Gasteiger partial charge in [-0.25, -0.2) is 4.72 Å². The van der Waals surface area contributed by atoms with E-state index in [0.717, 1.165) is 41.6 Å². The first-order valence-corrected chi connectivity index (χ1v) is 15.8. The Labute approximate surface area is 236 Å². The van der Waals surface area contributed by atoms with E-state index in [1.807, 2.05) is 18.2 Å². The zero-order chi connectivity index (χ0) is 27.9. The predicted molar refractivity (Wildman–Crippen MR) is 157 cm³/mol.